The van der Waals surface area contributed by atoms with E-state index >= 15 is 0 Å². The van der Waals surface area contributed by atoms with Gasteiger partial charge in [-0.25, -0.2) is 0 Å². The number of benzene rings is 1. The molecule has 0 amide bonds. The molecule has 25 heavy (non-hydrogen) atoms. The highest BCUT2D eigenvalue weighted by atomic mass is 35.5. The van der Waals surface area contributed by atoms with Crippen LogP contribution in [0.1, 0.15) is 42.4 Å². The number of nitrogens with two attached hydrogens (primary N) is 1. The Morgan fingerprint density at radius 3 is 2.64 bits per heavy atom. The van der Waals surface area contributed by atoms with E-state index in [2.05, 4.69) is 25.7 Å². The number of nitrogens with zero attached hydrogens (tertiary/aromatic N) is 6. The fourth-order valence-electron chi connectivity index (χ4n) is 2.69. The second-order valence-corrected chi connectivity index (χ2v) is 6.01. The molecule has 0 radical (unpaired) electrons. The van der Waals surface area contributed by atoms with Gasteiger partial charge in [0.05, 0.1) is 5.54 Å². The van der Waals surface area contributed by atoms with Crippen molar-refractivity contribution >= 4 is 24.2 Å². The van der Waals surface area contributed by atoms with Crippen LogP contribution >= 0.6 is 12.4 Å². The summed E-state index contributed by atoms with van der Waals surface area (Å²) in [6, 6.07) is 9.83. The smallest absolute Gasteiger partial charge is 0.276 e. The van der Waals surface area contributed by atoms with Crippen LogP contribution in [0, 0.1) is 6.92 Å². The lowest BCUT2D eigenvalue weighted by atomic mass is 9.77. The van der Waals surface area contributed by atoms with Crippen LogP contribution in [0.25, 0.3) is 11.8 Å². The van der Waals surface area contributed by atoms with E-state index in [0.717, 1.165) is 24.8 Å². The van der Waals surface area contributed by atoms with Gasteiger partial charge < -0.3 is 10.3 Å². The number of hydrogen-bond donors (Lipinski definition) is 1. The van der Waals surface area contributed by atoms with Crippen molar-refractivity contribution < 1.29 is 4.52 Å². The van der Waals surface area contributed by atoms with Crippen molar-refractivity contribution in [3.8, 4) is 0 Å². The summed E-state index contributed by atoms with van der Waals surface area (Å²) in [6.45, 7) is 1.81. The third kappa shape index (κ3) is 3.18. The van der Waals surface area contributed by atoms with Crippen molar-refractivity contribution in [1.29, 1.82) is 0 Å². The Morgan fingerprint density at radius 2 is 2.04 bits per heavy atom. The number of aryl methyl sites for hydroxylation is 1. The van der Waals surface area contributed by atoms with Crippen molar-refractivity contribution in [2.45, 2.75) is 31.7 Å². The lowest BCUT2D eigenvalue weighted by Crippen LogP contribution is -2.44. The molecule has 1 saturated carbocycles. The van der Waals surface area contributed by atoms with Crippen LogP contribution in [0.4, 0.5) is 0 Å². The third-order valence-electron chi connectivity index (χ3n) is 4.29. The summed E-state index contributed by atoms with van der Waals surface area (Å²) >= 11 is 0. The Bertz CT molecular complexity index is 883. The summed E-state index contributed by atoms with van der Waals surface area (Å²) in [5.41, 5.74) is 7.41. The number of rotatable bonds is 4. The molecule has 0 unspecified atom stereocenters. The quantitative estimate of drug-likeness (QED) is 0.760. The van der Waals surface area contributed by atoms with Gasteiger partial charge in [0.25, 0.3) is 5.89 Å². The molecule has 0 saturated heterocycles. The second-order valence-electron chi connectivity index (χ2n) is 6.01. The highest BCUT2D eigenvalue weighted by molar-refractivity contribution is 5.85. The average molecular weight is 360 g/mol. The Kier molecular flexibility index (Phi) is 4.65. The molecule has 1 aromatic carbocycles. The van der Waals surface area contributed by atoms with Crippen molar-refractivity contribution in [3.63, 3.8) is 0 Å². The molecule has 1 fully saturated rings. The van der Waals surface area contributed by atoms with Crippen LogP contribution in [0.3, 0.4) is 0 Å². The monoisotopic (exact) mass is 359 g/mol. The molecule has 130 valence electrons. The molecule has 8 nitrogen and oxygen atoms in total. The minimum Gasteiger partial charge on any atom is -0.332 e. The lowest BCUT2D eigenvalue weighted by molar-refractivity contribution is 0.229. The number of halogens is 1. The maximum absolute atomic E-state index is 6.29. The summed E-state index contributed by atoms with van der Waals surface area (Å²) in [6.07, 6.45) is 4.73. The molecule has 2 N–H and O–H groups in total. The predicted octanol–water partition coefficient (Wildman–Crippen LogP) is 2.17. The molecule has 2 heterocycles. The van der Waals surface area contributed by atoms with Crippen LogP contribution in [-0.2, 0) is 5.54 Å². The molecule has 0 spiro atoms. The zero-order valence-electron chi connectivity index (χ0n) is 13.7. The van der Waals surface area contributed by atoms with Crippen molar-refractivity contribution in [2.75, 3.05) is 0 Å². The van der Waals surface area contributed by atoms with E-state index in [1.165, 1.54) is 0 Å². The van der Waals surface area contributed by atoms with Gasteiger partial charge in [-0.05, 0) is 48.3 Å². The maximum Gasteiger partial charge on any atom is 0.276 e. The van der Waals surface area contributed by atoms with Gasteiger partial charge in [0, 0.05) is 0 Å². The molecule has 4 rings (SSSR count). The molecular weight excluding hydrogens is 342 g/mol. The van der Waals surface area contributed by atoms with E-state index in [-0.39, 0.29) is 12.4 Å². The summed E-state index contributed by atoms with van der Waals surface area (Å²) in [7, 11) is 0. The van der Waals surface area contributed by atoms with Crippen molar-refractivity contribution in [3.05, 3.63) is 53.4 Å². The van der Waals surface area contributed by atoms with E-state index in [0.29, 0.717) is 23.2 Å². The SMILES string of the molecule is Cc1nnnn1/C(=C/c1ccccc1)c1nc(C2(N)CCC2)no1.Cl. The first-order valence-electron chi connectivity index (χ1n) is 7.81. The molecule has 3 aromatic rings. The first-order chi connectivity index (χ1) is 11.7. The summed E-state index contributed by atoms with van der Waals surface area (Å²) in [5.74, 6) is 1.51. The van der Waals surface area contributed by atoms with Crippen LogP contribution in [-0.4, -0.2) is 30.3 Å². The van der Waals surface area contributed by atoms with Gasteiger partial charge in [-0.3, -0.25) is 0 Å². The predicted molar refractivity (Wildman–Crippen MR) is 93.5 cm³/mol. The number of hydrogen-bond acceptors (Lipinski definition) is 7. The van der Waals surface area contributed by atoms with E-state index in [4.69, 9.17) is 10.3 Å². The van der Waals surface area contributed by atoms with Crippen LogP contribution in [0.2, 0.25) is 0 Å². The summed E-state index contributed by atoms with van der Waals surface area (Å²) in [4.78, 5) is 4.51. The Balaban J connectivity index is 0.00000182. The van der Waals surface area contributed by atoms with Gasteiger partial charge >= 0.3 is 0 Å². The van der Waals surface area contributed by atoms with Crippen LogP contribution < -0.4 is 5.73 Å². The van der Waals surface area contributed by atoms with Gasteiger partial charge in [-0.1, -0.05) is 35.5 Å². The molecular formula is C16H18ClN7O. The maximum atomic E-state index is 6.29. The second kappa shape index (κ2) is 6.73. The summed E-state index contributed by atoms with van der Waals surface area (Å²) in [5, 5.41) is 15.7. The van der Waals surface area contributed by atoms with Crippen molar-refractivity contribution in [2.24, 2.45) is 5.73 Å². The standard InChI is InChI=1S/C16H17N7O.ClH/c1-11-19-21-22-23(11)13(10-12-6-3-2-4-7-12)14-18-15(20-24-14)16(17)8-5-9-16;/h2-4,6-7,10H,5,8-9,17H2,1H3;1H/b13-10+;. The van der Waals surface area contributed by atoms with Gasteiger partial charge in [-0.2, -0.15) is 9.67 Å². The third-order valence-corrected chi connectivity index (χ3v) is 4.29. The minimum absolute atomic E-state index is 0. The highest BCUT2D eigenvalue weighted by Gasteiger charge is 2.39. The van der Waals surface area contributed by atoms with Gasteiger partial charge in [0.2, 0.25) is 0 Å². The van der Waals surface area contributed by atoms with E-state index in [1.807, 2.05) is 43.3 Å². The van der Waals surface area contributed by atoms with Crippen LogP contribution in [0.15, 0.2) is 34.9 Å². The van der Waals surface area contributed by atoms with Gasteiger partial charge in [-0.15, -0.1) is 17.5 Å². The molecule has 0 bridgehead atoms. The van der Waals surface area contributed by atoms with E-state index < -0.39 is 5.54 Å². The number of aromatic nitrogens is 6. The fourth-order valence-corrected chi connectivity index (χ4v) is 2.69. The normalized spacial score (nSPS) is 16.2. The first kappa shape index (κ1) is 17.2. The Labute approximate surface area is 150 Å². The first-order valence-corrected chi connectivity index (χ1v) is 7.81. The summed E-state index contributed by atoms with van der Waals surface area (Å²) < 4.78 is 7.05. The van der Waals surface area contributed by atoms with Crippen LogP contribution in [0.5, 0.6) is 0 Å². The van der Waals surface area contributed by atoms with Gasteiger partial charge in [0.1, 0.15) is 5.70 Å². The van der Waals surface area contributed by atoms with E-state index in [1.54, 1.807) is 4.68 Å². The largest absolute Gasteiger partial charge is 0.332 e. The molecule has 2 aromatic heterocycles. The molecule has 0 aliphatic heterocycles. The van der Waals surface area contributed by atoms with Crippen molar-refractivity contribution in [1.82, 2.24) is 30.3 Å². The molecule has 9 heteroatoms. The van der Waals surface area contributed by atoms with Gasteiger partial charge in [0.15, 0.2) is 11.6 Å². The Hall–Kier alpha value is -2.58. The Morgan fingerprint density at radius 1 is 1.28 bits per heavy atom. The highest BCUT2D eigenvalue weighted by Crippen LogP contribution is 2.37. The zero-order chi connectivity index (χ0) is 16.6. The van der Waals surface area contributed by atoms with E-state index in [9.17, 15) is 0 Å². The fraction of sp³-hybridized carbons (Fsp3) is 0.312. The molecule has 1 aliphatic carbocycles. The lowest BCUT2D eigenvalue weighted by Gasteiger charge is -2.34. The topological polar surface area (TPSA) is 109 Å². The molecule has 1 aliphatic rings. The zero-order valence-corrected chi connectivity index (χ0v) is 14.5. The number of tetrazole rings is 1. The average Bonchev–Trinajstić information content (AvgIpc) is 3.21. The minimum atomic E-state index is -0.477. The molecule has 0 atom stereocenters.